The van der Waals surface area contributed by atoms with Gasteiger partial charge in [0.2, 0.25) is 0 Å². The fourth-order valence-corrected chi connectivity index (χ4v) is 3.44. The van der Waals surface area contributed by atoms with E-state index in [-0.39, 0.29) is 5.54 Å². The first-order valence-corrected chi connectivity index (χ1v) is 6.99. The average Bonchev–Trinajstić information content (AvgIpc) is 2.18. The molecule has 0 amide bonds. The number of nitrogens with two attached hydrogens (primary N) is 1. The third-order valence-electron chi connectivity index (χ3n) is 3.61. The Balaban J connectivity index is 2.33. The first kappa shape index (κ1) is 12.9. The third-order valence-corrected chi connectivity index (χ3v) is 4.25. The minimum absolute atomic E-state index is 0.134. The number of anilines is 1. The van der Waals surface area contributed by atoms with Crippen LogP contribution in [-0.4, -0.2) is 18.1 Å². The van der Waals surface area contributed by atoms with E-state index in [2.05, 4.69) is 59.8 Å². The van der Waals surface area contributed by atoms with E-state index in [4.69, 9.17) is 5.73 Å². The molecule has 2 nitrogen and oxygen atoms in total. The van der Waals surface area contributed by atoms with Crippen molar-refractivity contribution in [3.8, 4) is 0 Å². The van der Waals surface area contributed by atoms with E-state index in [0.717, 1.165) is 19.4 Å². The lowest BCUT2D eigenvalue weighted by Crippen LogP contribution is -2.53. The quantitative estimate of drug-likeness (QED) is 0.860. The fraction of sp³-hybridized carbons (Fsp3) is 0.571. The van der Waals surface area contributed by atoms with E-state index in [9.17, 15) is 0 Å². The van der Waals surface area contributed by atoms with Gasteiger partial charge in [0.25, 0.3) is 0 Å². The van der Waals surface area contributed by atoms with Gasteiger partial charge in [-0.2, -0.15) is 0 Å². The molecule has 0 spiro atoms. The summed E-state index contributed by atoms with van der Waals surface area (Å²) < 4.78 is 1.18. The molecule has 3 heteroatoms. The van der Waals surface area contributed by atoms with Crippen LogP contribution in [0, 0.1) is 6.92 Å². The molecule has 2 N–H and O–H groups in total. The van der Waals surface area contributed by atoms with Crippen LogP contribution in [0.5, 0.6) is 0 Å². The van der Waals surface area contributed by atoms with E-state index in [1.807, 2.05) is 0 Å². The Morgan fingerprint density at radius 3 is 2.71 bits per heavy atom. The van der Waals surface area contributed by atoms with Gasteiger partial charge in [0.1, 0.15) is 0 Å². The lowest BCUT2D eigenvalue weighted by Gasteiger charge is -2.46. The molecule has 1 fully saturated rings. The van der Waals surface area contributed by atoms with E-state index in [1.165, 1.54) is 15.7 Å². The van der Waals surface area contributed by atoms with E-state index in [0.29, 0.717) is 6.04 Å². The van der Waals surface area contributed by atoms with Crippen LogP contribution in [0.25, 0.3) is 0 Å². The zero-order chi connectivity index (χ0) is 12.6. The zero-order valence-electron chi connectivity index (χ0n) is 10.8. The summed E-state index contributed by atoms with van der Waals surface area (Å²) in [7, 11) is 0. The summed E-state index contributed by atoms with van der Waals surface area (Å²) in [5.74, 6) is 0. The van der Waals surface area contributed by atoms with Crippen molar-refractivity contribution in [1.82, 2.24) is 0 Å². The van der Waals surface area contributed by atoms with E-state index >= 15 is 0 Å². The molecule has 1 aliphatic rings. The number of halogens is 1. The summed E-state index contributed by atoms with van der Waals surface area (Å²) in [5.41, 5.74) is 8.78. The Hall–Kier alpha value is -0.540. The normalized spacial score (nSPS) is 23.8. The number of nitrogens with zero attached hydrogens (tertiary/aromatic N) is 1. The van der Waals surface area contributed by atoms with Crippen molar-refractivity contribution < 1.29 is 0 Å². The average molecular weight is 297 g/mol. The lowest BCUT2D eigenvalue weighted by molar-refractivity contribution is 0.327. The largest absolute Gasteiger partial charge is 0.365 e. The molecular formula is C14H21BrN2. The van der Waals surface area contributed by atoms with Crippen molar-refractivity contribution in [3.05, 3.63) is 28.2 Å². The van der Waals surface area contributed by atoms with Gasteiger partial charge < -0.3 is 10.6 Å². The van der Waals surface area contributed by atoms with Crippen LogP contribution in [0.2, 0.25) is 0 Å². The SMILES string of the molecule is Cc1ccc(N2CCC(N)CC2(C)C)c(Br)c1. The molecule has 1 saturated heterocycles. The Morgan fingerprint density at radius 2 is 2.12 bits per heavy atom. The van der Waals surface area contributed by atoms with Gasteiger partial charge >= 0.3 is 0 Å². The number of hydrogen-bond donors (Lipinski definition) is 1. The smallest absolute Gasteiger partial charge is 0.0515 e. The highest BCUT2D eigenvalue weighted by Crippen LogP contribution is 2.36. The minimum atomic E-state index is 0.134. The summed E-state index contributed by atoms with van der Waals surface area (Å²) in [6.07, 6.45) is 2.12. The van der Waals surface area contributed by atoms with Crippen LogP contribution in [0.3, 0.4) is 0 Å². The van der Waals surface area contributed by atoms with Gasteiger partial charge in [-0.05, 0) is 67.2 Å². The summed E-state index contributed by atoms with van der Waals surface area (Å²) >= 11 is 3.68. The van der Waals surface area contributed by atoms with Crippen LogP contribution in [-0.2, 0) is 0 Å². The molecular weight excluding hydrogens is 276 g/mol. The third kappa shape index (κ3) is 2.66. The molecule has 0 saturated carbocycles. The predicted molar refractivity (Wildman–Crippen MR) is 77.5 cm³/mol. The Morgan fingerprint density at radius 1 is 1.41 bits per heavy atom. The second kappa shape index (κ2) is 4.62. The van der Waals surface area contributed by atoms with Crippen LogP contribution < -0.4 is 10.6 Å². The van der Waals surface area contributed by atoms with Gasteiger partial charge in [0.05, 0.1) is 5.69 Å². The van der Waals surface area contributed by atoms with Crippen molar-refractivity contribution in [2.45, 2.75) is 45.2 Å². The van der Waals surface area contributed by atoms with Crippen molar-refractivity contribution in [1.29, 1.82) is 0 Å². The van der Waals surface area contributed by atoms with Crippen molar-refractivity contribution in [2.24, 2.45) is 5.73 Å². The molecule has 1 atom stereocenters. The number of rotatable bonds is 1. The monoisotopic (exact) mass is 296 g/mol. The highest BCUT2D eigenvalue weighted by Gasteiger charge is 2.34. The fourth-order valence-electron chi connectivity index (χ4n) is 2.73. The highest BCUT2D eigenvalue weighted by atomic mass is 79.9. The Labute approximate surface area is 112 Å². The lowest BCUT2D eigenvalue weighted by atomic mass is 9.87. The van der Waals surface area contributed by atoms with Crippen molar-refractivity contribution in [2.75, 3.05) is 11.4 Å². The van der Waals surface area contributed by atoms with Gasteiger partial charge in [0, 0.05) is 22.6 Å². The molecule has 1 unspecified atom stereocenters. The van der Waals surface area contributed by atoms with Gasteiger partial charge in [-0.15, -0.1) is 0 Å². The van der Waals surface area contributed by atoms with Gasteiger partial charge in [-0.3, -0.25) is 0 Å². The molecule has 1 heterocycles. The van der Waals surface area contributed by atoms with Gasteiger partial charge in [-0.1, -0.05) is 6.07 Å². The highest BCUT2D eigenvalue weighted by molar-refractivity contribution is 9.10. The maximum absolute atomic E-state index is 6.07. The number of hydrogen-bond acceptors (Lipinski definition) is 2. The molecule has 1 aromatic carbocycles. The molecule has 17 heavy (non-hydrogen) atoms. The first-order chi connectivity index (χ1) is 7.90. The molecule has 0 bridgehead atoms. The first-order valence-electron chi connectivity index (χ1n) is 6.19. The summed E-state index contributed by atoms with van der Waals surface area (Å²) in [6, 6.07) is 6.90. The molecule has 0 aromatic heterocycles. The van der Waals surface area contributed by atoms with Crippen molar-refractivity contribution >= 4 is 21.6 Å². The molecule has 1 aromatic rings. The predicted octanol–water partition coefficient (Wildman–Crippen LogP) is 3.46. The minimum Gasteiger partial charge on any atom is -0.365 e. The van der Waals surface area contributed by atoms with Crippen LogP contribution in [0.4, 0.5) is 5.69 Å². The van der Waals surface area contributed by atoms with Crippen LogP contribution >= 0.6 is 15.9 Å². The van der Waals surface area contributed by atoms with Crippen molar-refractivity contribution in [3.63, 3.8) is 0 Å². The second-order valence-corrected chi connectivity index (χ2v) is 6.53. The summed E-state index contributed by atoms with van der Waals surface area (Å²) in [5, 5.41) is 0. The summed E-state index contributed by atoms with van der Waals surface area (Å²) in [4.78, 5) is 2.47. The molecule has 0 radical (unpaired) electrons. The standard InChI is InChI=1S/C14H21BrN2/c1-10-4-5-13(12(15)8-10)17-7-6-11(16)9-14(17,2)3/h4-5,8,11H,6-7,9,16H2,1-3H3. The zero-order valence-corrected chi connectivity index (χ0v) is 12.4. The number of aryl methyl sites for hydroxylation is 1. The number of benzene rings is 1. The van der Waals surface area contributed by atoms with Crippen LogP contribution in [0.15, 0.2) is 22.7 Å². The Kier molecular flexibility index (Phi) is 3.50. The van der Waals surface area contributed by atoms with Crippen LogP contribution in [0.1, 0.15) is 32.3 Å². The summed E-state index contributed by atoms with van der Waals surface area (Å²) in [6.45, 7) is 7.71. The van der Waals surface area contributed by atoms with Gasteiger partial charge in [0.15, 0.2) is 0 Å². The molecule has 1 aliphatic heterocycles. The maximum atomic E-state index is 6.07. The molecule has 0 aliphatic carbocycles. The second-order valence-electron chi connectivity index (χ2n) is 5.67. The molecule has 2 rings (SSSR count). The maximum Gasteiger partial charge on any atom is 0.0515 e. The number of piperidine rings is 1. The molecule has 94 valence electrons. The van der Waals surface area contributed by atoms with Gasteiger partial charge in [-0.25, -0.2) is 0 Å². The topological polar surface area (TPSA) is 29.3 Å². The Bertz CT molecular complexity index is 415. The van der Waals surface area contributed by atoms with E-state index < -0.39 is 0 Å². The van der Waals surface area contributed by atoms with E-state index in [1.54, 1.807) is 0 Å².